The van der Waals surface area contributed by atoms with Crippen LogP contribution in [0.1, 0.15) is 18.1 Å². The molecule has 1 N–H and O–H groups in total. The fourth-order valence-corrected chi connectivity index (χ4v) is 1.10. The van der Waals surface area contributed by atoms with E-state index in [-0.39, 0.29) is 5.75 Å². The van der Waals surface area contributed by atoms with Crippen molar-refractivity contribution in [1.29, 1.82) is 0 Å². The highest BCUT2D eigenvalue weighted by atomic mass is 16.5. The number of benzene rings is 1. The van der Waals surface area contributed by atoms with E-state index in [4.69, 9.17) is 0 Å². The number of carbonyl (C=O) groups is 1. The molecule has 78 valence electrons. The van der Waals surface area contributed by atoms with Gasteiger partial charge in [-0.3, -0.25) is 0 Å². The van der Waals surface area contributed by atoms with E-state index < -0.39 is 5.97 Å². The molecule has 15 heavy (non-hydrogen) atoms. The number of ether oxygens (including phenoxy) is 1. The highest BCUT2D eigenvalue weighted by molar-refractivity contribution is 5.89. The second kappa shape index (κ2) is 5.06. The molecule has 0 atom stereocenters. The van der Waals surface area contributed by atoms with Crippen molar-refractivity contribution in [2.24, 2.45) is 0 Å². The molecule has 0 aliphatic heterocycles. The summed E-state index contributed by atoms with van der Waals surface area (Å²) >= 11 is 0. The minimum Gasteiger partial charge on any atom is -0.507 e. The van der Waals surface area contributed by atoms with Crippen molar-refractivity contribution < 1.29 is 14.6 Å². The molecule has 0 fully saturated rings. The fourth-order valence-electron chi connectivity index (χ4n) is 1.10. The molecule has 0 heterocycles. The van der Waals surface area contributed by atoms with Crippen LogP contribution in [-0.4, -0.2) is 17.7 Å². The quantitative estimate of drug-likeness (QED) is 0.558. The smallest absolute Gasteiger partial charge is 0.384 e. The number of aromatic hydroxyl groups is 1. The summed E-state index contributed by atoms with van der Waals surface area (Å²) in [4.78, 5) is 11.0. The van der Waals surface area contributed by atoms with Gasteiger partial charge in [0.05, 0.1) is 12.2 Å². The Morgan fingerprint density at radius 3 is 2.87 bits per heavy atom. The van der Waals surface area contributed by atoms with Gasteiger partial charge in [-0.1, -0.05) is 18.1 Å². The Morgan fingerprint density at radius 2 is 2.27 bits per heavy atom. The van der Waals surface area contributed by atoms with Crippen molar-refractivity contribution in [3.8, 4) is 17.6 Å². The molecular weight excluding hydrogens is 192 g/mol. The van der Waals surface area contributed by atoms with Gasteiger partial charge in [0.2, 0.25) is 0 Å². The Hall–Kier alpha value is -1.95. The molecule has 0 bridgehead atoms. The van der Waals surface area contributed by atoms with Gasteiger partial charge >= 0.3 is 5.97 Å². The van der Waals surface area contributed by atoms with Gasteiger partial charge in [0.1, 0.15) is 5.75 Å². The maximum atomic E-state index is 11.0. The fraction of sp³-hybridized carbons (Fsp3) is 0.250. The zero-order valence-electron chi connectivity index (χ0n) is 8.70. The van der Waals surface area contributed by atoms with Crippen LogP contribution in [0.15, 0.2) is 18.2 Å². The third-order valence-corrected chi connectivity index (χ3v) is 1.82. The number of rotatable bonds is 1. The summed E-state index contributed by atoms with van der Waals surface area (Å²) in [5.74, 6) is 4.39. The van der Waals surface area contributed by atoms with Gasteiger partial charge in [0.25, 0.3) is 0 Å². The van der Waals surface area contributed by atoms with Crippen molar-refractivity contribution in [3.63, 3.8) is 0 Å². The Balaban J connectivity index is 2.93. The third-order valence-electron chi connectivity index (χ3n) is 1.82. The van der Waals surface area contributed by atoms with Crippen LogP contribution in [0.5, 0.6) is 5.75 Å². The number of phenols is 1. The first-order valence-corrected chi connectivity index (χ1v) is 4.62. The molecule has 3 nitrogen and oxygen atoms in total. The number of phenolic OH excluding ortho intramolecular Hbond substituents is 1. The molecule has 3 heteroatoms. The summed E-state index contributed by atoms with van der Waals surface area (Å²) in [7, 11) is 0. The van der Waals surface area contributed by atoms with E-state index in [1.54, 1.807) is 13.0 Å². The minimum atomic E-state index is -0.583. The Bertz CT molecular complexity index is 404. The number of hydrogen-bond acceptors (Lipinski definition) is 3. The van der Waals surface area contributed by atoms with Crippen molar-refractivity contribution in [1.82, 2.24) is 0 Å². The Kier molecular flexibility index (Phi) is 3.75. The van der Waals surface area contributed by atoms with E-state index in [1.165, 1.54) is 6.07 Å². The van der Waals surface area contributed by atoms with Gasteiger partial charge in [0, 0.05) is 5.92 Å². The lowest BCUT2D eigenvalue weighted by Gasteiger charge is -1.99. The Labute approximate surface area is 88.7 Å². The normalized spacial score (nSPS) is 8.93. The van der Waals surface area contributed by atoms with Crippen LogP contribution in [-0.2, 0) is 9.53 Å². The molecule has 0 saturated heterocycles. The molecule has 0 unspecified atom stereocenters. The molecule has 0 aliphatic rings. The third kappa shape index (κ3) is 3.03. The predicted octanol–water partition coefficient (Wildman–Crippen LogP) is 1.62. The predicted molar refractivity (Wildman–Crippen MR) is 56.4 cm³/mol. The average Bonchev–Trinajstić information content (AvgIpc) is 2.17. The minimum absolute atomic E-state index is 0.0757. The average molecular weight is 204 g/mol. The van der Waals surface area contributed by atoms with Crippen LogP contribution < -0.4 is 0 Å². The molecule has 1 aromatic rings. The molecule has 1 rings (SSSR count). The van der Waals surface area contributed by atoms with Crippen LogP contribution in [0.2, 0.25) is 0 Å². The van der Waals surface area contributed by atoms with Gasteiger partial charge in [-0.15, -0.1) is 0 Å². The molecule has 0 aromatic heterocycles. The van der Waals surface area contributed by atoms with Crippen LogP contribution >= 0.6 is 0 Å². The number of esters is 1. The highest BCUT2D eigenvalue weighted by Gasteiger charge is 2.01. The summed E-state index contributed by atoms with van der Waals surface area (Å²) in [6, 6.07) is 5.07. The summed E-state index contributed by atoms with van der Waals surface area (Å²) in [6.07, 6.45) is 0. The molecule has 0 radical (unpaired) electrons. The first-order valence-electron chi connectivity index (χ1n) is 4.62. The summed E-state index contributed by atoms with van der Waals surface area (Å²) in [6.45, 7) is 3.83. The van der Waals surface area contributed by atoms with Crippen molar-refractivity contribution in [2.75, 3.05) is 6.61 Å². The lowest BCUT2D eigenvalue weighted by molar-refractivity contribution is -0.136. The van der Waals surface area contributed by atoms with E-state index in [9.17, 15) is 9.90 Å². The lowest BCUT2D eigenvalue weighted by atomic mass is 10.1. The monoisotopic (exact) mass is 204 g/mol. The molecule has 1 aromatic carbocycles. The molecular formula is C12H12O3. The molecule has 0 saturated carbocycles. The zero-order valence-corrected chi connectivity index (χ0v) is 8.70. The van der Waals surface area contributed by atoms with Crippen LogP contribution in [0, 0.1) is 18.8 Å². The number of hydrogen-bond donors (Lipinski definition) is 1. The molecule has 0 amide bonds. The van der Waals surface area contributed by atoms with Crippen LogP contribution in [0.3, 0.4) is 0 Å². The largest absolute Gasteiger partial charge is 0.507 e. The van der Waals surface area contributed by atoms with Crippen molar-refractivity contribution in [3.05, 3.63) is 29.3 Å². The highest BCUT2D eigenvalue weighted by Crippen LogP contribution is 2.18. The first kappa shape index (κ1) is 11.1. The summed E-state index contributed by atoms with van der Waals surface area (Å²) in [5, 5.41) is 9.48. The van der Waals surface area contributed by atoms with Gasteiger partial charge in [0.15, 0.2) is 0 Å². The van der Waals surface area contributed by atoms with Gasteiger partial charge in [-0.05, 0) is 25.5 Å². The number of aryl methyl sites for hydroxylation is 1. The van der Waals surface area contributed by atoms with E-state index in [0.717, 1.165) is 5.56 Å². The number of carbonyl (C=O) groups excluding carboxylic acids is 1. The maximum Gasteiger partial charge on any atom is 0.384 e. The standard InChI is InChI=1S/C12H12O3/c1-3-15-12(14)8-7-10-9(2)5-4-6-11(10)13/h4-6,13H,3H2,1-2H3. The topological polar surface area (TPSA) is 46.5 Å². The van der Waals surface area contributed by atoms with E-state index >= 15 is 0 Å². The van der Waals surface area contributed by atoms with Crippen molar-refractivity contribution in [2.45, 2.75) is 13.8 Å². The van der Waals surface area contributed by atoms with Gasteiger partial charge < -0.3 is 9.84 Å². The lowest BCUT2D eigenvalue weighted by Crippen LogP contribution is -1.99. The summed E-state index contributed by atoms with van der Waals surface area (Å²) < 4.78 is 4.65. The molecule has 0 aliphatic carbocycles. The second-order valence-corrected chi connectivity index (χ2v) is 2.94. The van der Waals surface area contributed by atoms with Crippen LogP contribution in [0.4, 0.5) is 0 Å². The van der Waals surface area contributed by atoms with E-state index in [2.05, 4.69) is 16.6 Å². The van der Waals surface area contributed by atoms with Crippen LogP contribution in [0.25, 0.3) is 0 Å². The zero-order chi connectivity index (χ0) is 11.3. The summed E-state index contributed by atoms with van der Waals surface area (Å²) in [5.41, 5.74) is 1.29. The SMILES string of the molecule is CCOC(=O)C#Cc1c(C)cccc1O. The van der Waals surface area contributed by atoms with E-state index in [1.807, 2.05) is 13.0 Å². The molecule has 0 spiro atoms. The van der Waals surface area contributed by atoms with E-state index in [0.29, 0.717) is 12.2 Å². The second-order valence-electron chi connectivity index (χ2n) is 2.94. The van der Waals surface area contributed by atoms with Gasteiger partial charge in [-0.25, -0.2) is 4.79 Å². The van der Waals surface area contributed by atoms with Gasteiger partial charge in [-0.2, -0.15) is 0 Å². The van der Waals surface area contributed by atoms with Crippen molar-refractivity contribution >= 4 is 5.97 Å². The first-order chi connectivity index (χ1) is 7.15. The Morgan fingerprint density at radius 1 is 1.53 bits per heavy atom. The maximum absolute atomic E-state index is 11.0.